The fourth-order valence-electron chi connectivity index (χ4n) is 1.49. The van der Waals surface area contributed by atoms with Crippen LogP contribution in [0.5, 0.6) is 11.5 Å². The molecule has 0 spiro atoms. The van der Waals surface area contributed by atoms with E-state index in [4.69, 9.17) is 15.7 Å². The number of benzene rings is 2. The van der Waals surface area contributed by atoms with Crippen LogP contribution in [-0.2, 0) is 0 Å². The summed E-state index contributed by atoms with van der Waals surface area (Å²) in [6, 6.07) is 12.8. The van der Waals surface area contributed by atoms with Crippen molar-refractivity contribution in [2.75, 3.05) is 5.73 Å². The molecule has 0 unspecified atom stereocenters. The van der Waals surface area contributed by atoms with Gasteiger partial charge in [0.2, 0.25) is 0 Å². The molecular weight excluding hydrogens is 292 g/mol. The Hall–Kier alpha value is -1.99. The number of hydrogen-bond acceptors (Lipinski definition) is 3. The Morgan fingerprint density at radius 1 is 1.17 bits per heavy atom. The molecule has 2 rings (SSSR count). The molecule has 0 heterocycles. The zero-order valence-electron chi connectivity index (χ0n) is 9.77. The molecule has 2 aromatic carbocycles. The molecule has 0 aliphatic carbocycles. The van der Waals surface area contributed by atoms with E-state index in [0.717, 1.165) is 10.0 Å². The molecule has 0 aromatic heterocycles. The Kier molecular flexibility index (Phi) is 3.54. The SMILES string of the molecule is Cc1ccc(Br)cc1Oc1cc(C#N)ccc1N. The summed E-state index contributed by atoms with van der Waals surface area (Å²) in [5.41, 5.74) is 7.86. The summed E-state index contributed by atoms with van der Waals surface area (Å²) in [6.07, 6.45) is 0. The van der Waals surface area contributed by atoms with Crippen LogP contribution in [0.25, 0.3) is 0 Å². The van der Waals surface area contributed by atoms with E-state index in [2.05, 4.69) is 22.0 Å². The second-order valence-corrected chi connectivity index (χ2v) is 4.79. The Morgan fingerprint density at radius 3 is 2.67 bits per heavy atom. The van der Waals surface area contributed by atoms with Crippen LogP contribution in [0.15, 0.2) is 40.9 Å². The number of nitriles is 1. The fourth-order valence-corrected chi connectivity index (χ4v) is 1.83. The Balaban J connectivity index is 2.39. The van der Waals surface area contributed by atoms with Gasteiger partial charge in [-0.15, -0.1) is 0 Å². The first-order valence-corrected chi connectivity index (χ1v) is 6.13. The van der Waals surface area contributed by atoms with Gasteiger partial charge in [-0.3, -0.25) is 0 Å². The maximum atomic E-state index is 8.86. The lowest BCUT2D eigenvalue weighted by Crippen LogP contribution is -1.94. The first kappa shape index (κ1) is 12.5. The molecule has 18 heavy (non-hydrogen) atoms. The molecule has 2 aromatic rings. The van der Waals surface area contributed by atoms with Crippen LogP contribution in [0, 0.1) is 18.3 Å². The zero-order valence-corrected chi connectivity index (χ0v) is 11.4. The molecule has 2 N–H and O–H groups in total. The molecule has 90 valence electrons. The van der Waals surface area contributed by atoms with E-state index >= 15 is 0 Å². The molecule has 4 heteroatoms. The smallest absolute Gasteiger partial charge is 0.151 e. The average molecular weight is 303 g/mol. The number of ether oxygens (including phenoxy) is 1. The quantitative estimate of drug-likeness (QED) is 0.853. The van der Waals surface area contributed by atoms with Crippen molar-refractivity contribution in [3.05, 3.63) is 52.0 Å². The van der Waals surface area contributed by atoms with Crippen molar-refractivity contribution in [3.8, 4) is 17.6 Å². The number of rotatable bonds is 2. The fraction of sp³-hybridized carbons (Fsp3) is 0.0714. The van der Waals surface area contributed by atoms with E-state index in [1.54, 1.807) is 18.2 Å². The Morgan fingerprint density at radius 2 is 1.94 bits per heavy atom. The summed E-state index contributed by atoms with van der Waals surface area (Å²) in [6.45, 7) is 1.95. The highest BCUT2D eigenvalue weighted by molar-refractivity contribution is 9.10. The monoisotopic (exact) mass is 302 g/mol. The van der Waals surface area contributed by atoms with Crippen LogP contribution in [0.2, 0.25) is 0 Å². The summed E-state index contributed by atoms with van der Waals surface area (Å²) in [7, 11) is 0. The Labute approximate surface area is 114 Å². The van der Waals surface area contributed by atoms with Gasteiger partial charge in [-0.05, 0) is 36.8 Å². The van der Waals surface area contributed by atoms with E-state index in [-0.39, 0.29) is 0 Å². The second kappa shape index (κ2) is 5.11. The van der Waals surface area contributed by atoms with Crippen molar-refractivity contribution in [2.24, 2.45) is 0 Å². The van der Waals surface area contributed by atoms with Crippen molar-refractivity contribution in [3.63, 3.8) is 0 Å². The first-order chi connectivity index (χ1) is 8.60. The molecule has 0 bridgehead atoms. The predicted molar refractivity (Wildman–Crippen MR) is 74.5 cm³/mol. The van der Waals surface area contributed by atoms with E-state index < -0.39 is 0 Å². The van der Waals surface area contributed by atoms with Crippen LogP contribution in [0.3, 0.4) is 0 Å². The topological polar surface area (TPSA) is 59.0 Å². The lowest BCUT2D eigenvalue weighted by Gasteiger charge is -2.11. The molecular formula is C14H11BrN2O. The number of halogens is 1. The zero-order chi connectivity index (χ0) is 13.1. The molecule has 0 saturated heterocycles. The largest absolute Gasteiger partial charge is 0.455 e. The Bertz CT molecular complexity index is 632. The maximum absolute atomic E-state index is 8.86. The van der Waals surface area contributed by atoms with Gasteiger partial charge in [0.1, 0.15) is 5.75 Å². The third kappa shape index (κ3) is 2.63. The predicted octanol–water partition coefficient (Wildman–Crippen LogP) is 4.00. The van der Waals surface area contributed by atoms with Crippen LogP contribution >= 0.6 is 15.9 Å². The summed E-state index contributed by atoms with van der Waals surface area (Å²) < 4.78 is 6.69. The van der Waals surface area contributed by atoms with Crippen LogP contribution < -0.4 is 10.5 Å². The number of nitrogens with two attached hydrogens (primary N) is 1. The van der Waals surface area contributed by atoms with Gasteiger partial charge in [-0.25, -0.2) is 0 Å². The molecule has 0 fully saturated rings. The van der Waals surface area contributed by atoms with Gasteiger partial charge in [0.05, 0.1) is 17.3 Å². The standard InChI is InChI=1S/C14H11BrN2O/c1-9-2-4-11(15)7-13(9)18-14-6-10(8-16)3-5-12(14)17/h2-7H,17H2,1H3. The van der Waals surface area contributed by atoms with Crippen LogP contribution in [0.1, 0.15) is 11.1 Å². The molecule has 0 radical (unpaired) electrons. The molecule has 0 aliphatic heterocycles. The maximum Gasteiger partial charge on any atom is 0.151 e. The van der Waals surface area contributed by atoms with Gasteiger partial charge in [-0.2, -0.15) is 5.26 Å². The highest BCUT2D eigenvalue weighted by Crippen LogP contribution is 2.32. The number of aryl methyl sites for hydroxylation is 1. The van der Waals surface area contributed by atoms with Crippen LogP contribution in [-0.4, -0.2) is 0 Å². The number of nitrogens with zero attached hydrogens (tertiary/aromatic N) is 1. The van der Waals surface area contributed by atoms with Gasteiger partial charge in [0.25, 0.3) is 0 Å². The van der Waals surface area contributed by atoms with E-state index in [0.29, 0.717) is 22.7 Å². The molecule has 0 aliphatic rings. The summed E-state index contributed by atoms with van der Waals surface area (Å²) in [5, 5.41) is 8.86. The van der Waals surface area contributed by atoms with Crippen molar-refractivity contribution in [2.45, 2.75) is 6.92 Å². The first-order valence-electron chi connectivity index (χ1n) is 5.34. The second-order valence-electron chi connectivity index (χ2n) is 3.88. The molecule has 0 amide bonds. The minimum absolute atomic E-state index is 0.496. The average Bonchev–Trinajstić information content (AvgIpc) is 2.36. The van der Waals surface area contributed by atoms with Crippen molar-refractivity contribution in [1.29, 1.82) is 5.26 Å². The third-order valence-corrected chi connectivity index (χ3v) is 3.01. The van der Waals surface area contributed by atoms with Gasteiger partial charge in [0.15, 0.2) is 5.75 Å². The summed E-state index contributed by atoms with van der Waals surface area (Å²) in [4.78, 5) is 0. The number of hydrogen-bond donors (Lipinski definition) is 1. The van der Waals surface area contributed by atoms with Gasteiger partial charge in [-0.1, -0.05) is 22.0 Å². The minimum Gasteiger partial charge on any atom is -0.455 e. The highest BCUT2D eigenvalue weighted by Gasteiger charge is 2.06. The number of anilines is 1. The van der Waals surface area contributed by atoms with Gasteiger partial charge in [0, 0.05) is 10.5 Å². The van der Waals surface area contributed by atoms with Crippen molar-refractivity contribution in [1.82, 2.24) is 0 Å². The molecule has 0 saturated carbocycles. The van der Waals surface area contributed by atoms with E-state index in [9.17, 15) is 0 Å². The summed E-state index contributed by atoms with van der Waals surface area (Å²) >= 11 is 3.39. The third-order valence-electron chi connectivity index (χ3n) is 2.51. The van der Waals surface area contributed by atoms with E-state index in [1.807, 2.05) is 25.1 Å². The van der Waals surface area contributed by atoms with Crippen molar-refractivity contribution >= 4 is 21.6 Å². The van der Waals surface area contributed by atoms with Gasteiger partial charge < -0.3 is 10.5 Å². The van der Waals surface area contributed by atoms with E-state index in [1.165, 1.54) is 0 Å². The van der Waals surface area contributed by atoms with Crippen molar-refractivity contribution < 1.29 is 4.74 Å². The lowest BCUT2D eigenvalue weighted by atomic mass is 10.2. The minimum atomic E-state index is 0.496. The van der Waals surface area contributed by atoms with Gasteiger partial charge >= 0.3 is 0 Å². The molecule has 3 nitrogen and oxygen atoms in total. The number of nitrogen functional groups attached to an aromatic ring is 1. The normalized spacial score (nSPS) is 9.83. The highest BCUT2D eigenvalue weighted by atomic mass is 79.9. The van der Waals surface area contributed by atoms with Crippen LogP contribution in [0.4, 0.5) is 5.69 Å². The summed E-state index contributed by atoms with van der Waals surface area (Å²) in [5.74, 6) is 1.21. The lowest BCUT2D eigenvalue weighted by molar-refractivity contribution is 0.481. The molecule has 0 atom stereocenters.